The molecule has 6 nitrogen and oxygen atoms in total. The zero-order chi connectivity index (χ0) is 22.8. The predicted octanol–water partition coefficient (Wildman–Crippen LogP) is 3.23. The summed E-state index contributed by atoms with van der Waals surface area (Å²) < 4.78 is 19.6. The Balaban J connectivity index is 0.00000204. The highest BCUT2D eigenvalue weighted by Gasteiger charge is 2.41. The Morgan fingerprint density at radius 2 is 1.97 bits per heavy atom. The van der Waals surface area contributed by atoms with Crippen molar-refractivity contribution in [2.24, 2.45) is 5.92 Å². The summed E-state index contributed by atoms with van der Waals surface area (Å²) in [4.78, 5) is 29.2. The van der Waals surface area contributed by atoms with Crippen molar-refractivity contribution in [3.63, 3.8) is 0 Å². The molecule has 3 fully saturated rings. The fraction of sp³-hybridized carbons (Fsp3) is 0.583. The lowest BCUT2D eigenvalue weighted by Gasteiger charge is -2.38. The molecular formula is C24H33Cl2FN2O4S. The van der Waals surface area contributed by atoms with E-state index in [1.54, 1.807) is 18.2 Å². The lowest BCUT2D eigenvalue weighted by molar-refractivity contribution is -0.145. The minimum absolute atomic E-state index is 0. The number of ketones is 1. The van der Waals surface area contributed by atoms with Gasteiger partial charge < -0.3 is 9.84 Å². The van der Waals surface area contributed by atoms with Gasteiger partial charge in [-0.05, 0) is 30.9 Å². The first-order chi connectivity index (χ1) is 15.4. The van der Waals surface area contributed by atoms with Gasteiger partial charge in [-0.1, -0.05) is 24.3 Å². The summed E-state index contributed by atoms with van der Waals surface area (Å²) in [6, 6.07) is 5.49. The minimum Gasteiger partial charge on any atom is -0.468 e. The van der Waals surface area contributed by atoms with Crippen LogP contribution >= 0.6 is 37.4 Å². The average molecular weight is 536 g/mol. The molecule has 0 bridgehead atoms. The number of carbonyl (C=O) groups excluding carboxylic acids is 2. The van der Waals surface area contributed by atoms with Crippen LogP contribution in [0.25, 0.3) is 0 Å². The summed E-state index contributed by atoms with van der Waals surface area (Å²) in [5.41, 5.74) is 1.49. The standard InChI is InChI=1S/C24H31FN2O4S.2ClH/c1-31-24(30)20-12-17(28)14-26(20)10-8-16-13-27(11-9-21(16)32)22(23(29)15-6-7-15)18-4-2-3-5-19(18)25;;/h2-5,8,15,17,20-22,28,32H,6-7,9-14H2,1H3;2*1H/t17-,20+,21?,22?;;/m1../s1. The van der Waals surface area contributed by atoms with Gasteiger partial charge in [-0.3, -0.25) is 19.4 Å². The summed E-state index contributed by atoms with van der Waals surface area (Å²) in [5.74, 6) is -0.576. The maximum absolute atomic E-state index is 14.7. The Morgan fingerprint density at radius 1 is 1.26 bits per heavy atom. The van der Waals surface area contributed by atoms with E-state index in [1.165, 1.54) is 13.2 Å². The second-order valence-electron chi connectivity index (χ2n) is 9.04. The van der Waals surface area contributed by atoms with Crippen LogP contribution in [0.15, 0.2) is 35.9 Å². The zero-order valence-electron chi connectivity index (χ0n) is 19.1. The van der Waals surface area contributed by atoms with Crippen LogP contribution in [-0.4, -0.2) is 77.3 Å². The maximum atomic E-state index is 14.7. The van der Waals surface area contributed by atoms with Gasteiger partial charge in [0, 0.05) is 49.3 Å². The minimum atomic E-state index is -0.593. The fourth-order valence-corrected chi connectivity index (χ4v) is 5.13. The molecule has 3 aliphatic rings. The van der Waals surface area contributed by atoms with Crippen molar-refractivity contribution in [3.8, 4) is 0 Å². The number of piperidine rings is 1. The number of benzene rings is 1. The third-order valence-corrected chi connectivity index (χ3v) is 7.35. The number of likely N-dealkylation sites (tertiary alicyclic amines) is 2. The molecule has 10 heteroatoms. The van der Waals surface area contributed by atoms with Gasteiger partial charge in [-0.15, -0.1) is 24.8 Å². The molecule has 2 unspecified atom stereocenters. The molecule has 1 aliphatic carbocycles. The number of β-amino-alcohol motifs (C(OH)–C–C–N with tert-alkyl or cyclic N) is 1. The zero-order valence-corrected chi connectivity index (χ0v) is 21.7. The van der Waals surface area contributed by atoms with Crippen LogP contribution in [0.4, 0.5) is 4.39 Å². The largest absolute Gasteiger partial charge is 0.468 e. The van der Waals surface area contributed by atoms with Crippen molar-refractivity contribution >= 4 is 49.2 Å². The summed E-state index contributed by atoms with van der Waals surface area (Å²) >= 11 is 4.74. The van der Waals surface area contributed by atoms with Crippen LogP contribution in [0, 0.1) is 11.7 Å². The molecule has 0 radical (unpaired) electrons. The molecule has 2 aliphatic heterocycles. The number of aliphatic hydroxyl groups excluding tert-OH is 1. The SMILES string of the molecule is COC(=O)[C@@H]1C[C@@H](O)CN1CC=C1CN(C(C(=O)C2CC2)c2ccccc2F)CCC1S.Cl.Cl. The van der Waals surface area contributed by atoms with E-state index in [0.29, 0.717) is 38.2 Å². The summed E-state index contributed by atoms with van der Waals surface area (Å²) in [6.45, 7) is 2.07. The summed E-state index contributed by atoms with van der Waals surface area (Å²) in [7, 11) is 1.35. The van der Waals surface area contributed by atoms with Crippen LogP contribution in [0.1, 0.15) is 37.3 Å². The van der Waals surface area contributed by atoms with Gasteiger partial charge in [0.15, 0.2) is 5.78 Å². The quantitative estimate of drug-likeness (QED) is 0.318. The second-order valence-corrected chi connectivity index (χ2v) is 9.66. The first kappa shape index (κ1) is 29.1. The van der Waals surface area contributed by atoms with E-state index in [0.717, 1.165) is 24.8 Å². The molecular weight excluding hydrogens is 502 g/mol. The second kappa shape index (κ2) is 12.7. The third-order valence-electron chi connectivity index (χ3n) is 6.76. The lowest BCUT2D eigenvalue weighted by atomic mass is 9.93. The molecule has 1 saturated carbocycles. The molecule has 4 rings (SSSR count). The summed E-state index contributed by atoms with van der Waals surface area (Å²) in [5, 5.41) is 10.1. The van der Waals surface area contributed by atoms with Crippen molar-refractivity contribution in [2.45, 2.75) is 49.1 Å². The van der Waals surface area contributed by atoms with Crippen molar-refractivity contribution < 1.29 is 23.8 Å². The van der Waals surface area contributed by atoms with Gasteiger partial charge in [0.2, 0.25) is 0 Å². The van der Waals surface area contributed by atoms with E-state index in [4.69, 9.17) is 17.4 Å². The number of Topliss-reactive ketones (excluding diaryl/α,β-unsaturated/α-hetero) is 1. The number of hydrogen-bond acceptors (Lipinski definition) is 7. The molecule has 1 aromatic rings. The maximum Gasteiger partial charge on any atom is 0.323 e. The van der Waals surface area contributed by atoms with E-state index in [9.17, 15) is 19.1 Å². The topological polar surface area (TPSA) is 70.1 Å². The molecule has 0 aromatic heterocycles. The molecule has 0 amide bonds. The van der Waals surface area contributed by atoms with E-state index in [1.807, 2.05) is 11.0 Å². The Kier molecular flexibility index (Phi) is 10.9. The number of nitrogens with zero attached hydrogens (tertiary/aromatic N) is 2. The number of rotatable bonds is 7. The Hall–Kier alpha value is -1.16. The Morgan fingerprint density at radius 3 is 2.62 bits per heavy atom. The number of thiol groups is 1. The Labute approximate surface area is 218 Å². The first-order valence-electron chi connectivity index (χ1n) is 11.3. The lowest BCUT2D eigenvalue weighted by Crippen LogP contribution is -2.43. The van der Waals surface area contributed by atoms with Gasteiger partial charge in [0.25, 0.3) is 0 Å². The van der Waals surface area contributed by atoms with Crippen LogP contribution in [0.2, 0.25) is 0 Å². The highest BCUT2D eigenvalue weighted by molar-refractivity contribution is 7.81. The molecule has 0 spiro atoms. The molecule has 4 atom stereocenters. The molecule has 190 valence electrons. The normalized spacial score (nSPS) is 27.5. The van der Waals surface area contributed by atoms with Crippen molar-refractivity contribution in [2.75, 3.05) is 33.3 Å². The van der Waals surface area contributed by atoms with E-state index in [-0.39, 0.29) is 53.6 Å². The molecule has 2 heterocycles. The van der Waals surface area contributed by atoms with Crippen molar-refractivity contribution in [3.05, 3.63) is 47.3 Å². The van der Waals surface area contributed by atoms with E-state index in [2.05, 4.69) is 4.90 Å². The van der Waals surface area contributed by atoms with Gasteiger partial charge in [0.05, 0.1) is 19.3 Å². The number of ether oxygens (including phenoxy) is 1. The number of carbonyl (C=O) groups is 2. The van der Waals surface area contributed by atoms with Crippen molar-refractivity contribution in [1.29, 1.82) is 0 Å². The monoisotopic (exact) mass is 534 g/mol. The van der Waals surface area contributed by atoms with Gasteiger partial charge in [0.1, 0.15) is 11.9 Å². The predicted molar refractivity (Wildman–Crippen MR) is 136 cm³/mol. The molecule has 1 N–H and O–H groups in total. The summed E-state index contributed by atoms with van der Waals surface area (Å²) in [6.07, 6.45) is 4.34. The first-order valence-corrected chi connectivity index (χ1v) is 11.8. The molecule has 34 heavy (non-hydrogen) atoms. The Bertz CT molecular complexity index is 901. The van der Waals surface area contributed by atoms with Crippen LogP contribution in [-0.2, 0) is 14.3 Å². The third kappa shape index (κ3) is 6.53. The fourth-order valence-electron chi connectivity index (χ4n) is 4.83. The highest BCUT2D eigenvalue weighted by atomic mass is 35.5. The van der Waals surface area contributed by atoms with Crippen LogP contribution < -0.4 is 0 Å². The number of halogens is 3. The smallest absolute Gasteiger partial charge is 0.323 e. The van der Waals surface area contributed by atoms with Gasteiger partial charge in [-0.2, -0.15) is 12.6 Å². The average Bonchev–Trinajstić information content (AvgIpc) is 3.57. The highest BCUT2D eigenvalue weighted by Crippen LogP contribution is 2.39. The number of esters is 1. The van der Waals surface area contributed by atoms with E-state index < -0.39 is 18.2 Å². The molecule has 2 saturated heterocycles. The molecule has 1 aromatic carbocycles. The van der Waals surface area contributed by atoms with E-state index >= 15 is 0 Å². The van der Waals surface area contributed by atoms with Gasteiger partial charge >= 0.3 is 5.97 Å². The van der Waals surface area contributed by atoms with Crippen LogP contribution in [0.3, 0.4) is 0 Å². The van der Waals surface area contributed by atoms with Crippen molar-refractivity contribution in [1.82, 2.24) is 9.80 Å². The van der Waals surface area contributed by atoms with Crippen LogP contribution in [0.5, 0.6) is 0 Å². The number of hydrogen-bond donors (Lipinski definition) is 2. The number of methoxy groups -OCH3 is 1. The number of aliphatic hydroxyl groups is 1. The van der Waals surface area contributed by atoms with Gasteiger partial charge in [-0.25, -0.2) is 4.39 Å².